The molecule has 0 aliphatic heterocycles. The highest BCUT2D eigenvalue weighted by molar-refractivity contribution is 5.01. The molecule has 3 nitrogen and oxygen atoms in total. The van der Waals surface area contributed by atoms with Crippen molar-refractivity contribution in [3.05, 3.63) is 0 Å². The molecule has 3 aliphatic rings. The van der Waals surface area contributed by atoms with Crippen molar-refractivity contribution in [3.63, 3.8) is 0 Å². The van der Waals surface area contributed by atoms with E-state index in [1.807, 2.05) is 0 Å². The maximum absolute atomic E-state index is 9.74. The van der Waals surface area contributed by atoms with Crippen molar-refractivity contribution >= 4 is 0 Å². The third kappa shape index (κ3) is 3.50. The highest BCUT2D eigenvalue weighted by atomic mass is 16.5. The SMILES string of the molecule is CC1CCCC(OC2CCC(CO)(NC3CC3)C2)C1. The van der Waals surface area contributed by atoms with E-state index in [4.69, 9.17) is 4.74 Å². The molecule has 3 rings (SSSR count). The van der Waals surface area contributed by atoms with E-state index in [2.05, 4.69) is 12.2 Å². The lowest BCUT2D eigenvalue weighted by atomic mass is 9.88. The van der Waals surface area contributed by atoms with Gasteiger partial charge in [-0.15, -0.1) is 0 Å². The van der Waals surface area contributed by atoms with E-state index in [9.17, 15) is 5.11 Å². The Morgan fingerprint density at radius 2 is 2.00 bits per heavy atom. The average Bonchev–Trinajstić information content (AvgIpc) is 3.11. The minimum atomic E-state index is -0.0356. The molecule has 3 fully saturated rings. The molecule has 4 unspecified atom stereocenters. The van der Waals surface area contributed by atoms with E-state index in [0.717, 1.165) is 25.2 Å². The molecule has 0 aromatic carbocycles. The normalized spacial score (nSPS) is 43.6. The van der Waals surface area contributed by atoms with Gasteiger partial charge < -0.3 is 15.2 Å². The maximum Gasteiger partial charge on any atom is 0.0614 e. The lowest BCUT2D eigenvalue weighted by Crippen LogP contribution is -2.48. The van der Waals surface area contributed by atoms with Crippen LogP contribution in [0.4, 0.5) is 0 Å². The van der Waals surface area contributed by atoms with Crippen LogP contribution in [0.15, 0.2) is 0 Å². The molecule has 0 spiro atoms. The Hall–Kier alpha value is -0.120. The molecule has 0 aromatic rings. The van der Waals surface area contributed by atoms with Crippen LogP contribution in [0.25, 0.3) is 0 Å². The largest absolute Gasteiger partial charge is 0.394 e. The molecule has 4 atom stereocenters. The molecule has 0 aromatic heterocycles. The third-order valence-corrected chi connectivity index (χ3v) is 5.23. The van der Waals surface area contributed by atoms with Gasteiger partial charge in [0.15, 0.2) is 0 Å². The zero-order chi connectivity index (χ0) is 13.3. The number of hydrogen-bond donors (Lipinski definition) is 2. The Labute approximate surface area is 117 Å². The quantitative estimate of drug-likeness (QED) is 0.804. The van der Waals surface area contributed by atoms with E-state index in [-0.39, 0.29) is 12.1 Å². The van der Waals surface area contributed by atoms with Crippen LogP contribution in [0.5, 0.6) is 0 Å². The summed E-state index contributed by atoms with van der Waals surface area (Å²) in [5, 5.41) is 13.4. The molecule has 0 radical (unpaired) electrons. The molecule has 3 aliphatic carbocycles. The van der Waals surface area contributed by atoms with Gasteiger partial charge in [-0.25, -0.2) is 0 Å². The summed E-state index contributed by atoms with van der Waals surface area (Å²) in [5.41, 5.74) is -0.0356. The summed E-state index contributed by atoms with van der Waals surface area (Å²) in [6.45, 7) is 2.61. The molecular weight excluding hydrogens is 238 g/mol. The lowest BCUT2D eigenvalue weighted by Gasteiger charge is -2.31. The summed E-state index contributed by atoms with van der Waals surface area (Å²) in [5.74, 6) is 0.826. The van der Waals surface area contributed by atoms with Gasteiger partial charge in [0.2, 0.25) is 0 Å². The van der Waals surface area contributed by atoms with Crippen molar-refractivity contribution in [1.82, 2.24) is 5.32 Å². The molecule has 3 saturated carbocycles. The Morgan fingerprint density at radius 3 is 2.68 bits per heavy atom. The number of aliphatic hydroxyl groups excluding tert-OH is 1. The molecule has 0 bridgehead atoms. The van der Waals surface area contributed by atoms with Crippen molar-refractivity contribution < 1.29 is 9.84 Å². The minimum Gasteiger partial charge on any atom is -0.394 e. The van der Waals surface area contributed by atoms with Crippen molar-refractivity contribution in [3.8, 4) is 0 Å². The first kappa shape index (κ1) is 13.8. The van der Waals surface area contributed by atoms with Crippen LogP contribution in [0.3, 0.4) is 0 Å². The fourth-order valence-corrected chi connectivity index (χ4v) is 3.95. The summed E-state index contributed by atoms with van der Waals surface area (Å²) in [6.07, 6.45) is 11.8. The summed E-state index contributed by atoms with van der Waals surface area (Å²) < 4.78 is 6.33. The Kier molecular flexibility index (Phi) is 4.16. The fraction of sp³-hybridized carbons (Fsp3) is 1.00. The summed E-state index contributed by atoms with van der Waals surface area (Å²) in [7, 11) is 0. The smallest absolute Gasteiger partial charge is 0.0614 e. The zero-order valence-electron chi connectivity index (χ0n) is 12.2. The van der Waals surface area contributed by atoms with Gasteiger partial charge >= 0.3 is 0 Å². The fourth-order valence-electron chi connectivity index (χ4n) is 3.95. The monoisotopic (exact) mass is 267 g/mol. The Bertz CT molecular complexity index is 305. The summed E-state index contributed by atoms with van der Waals surface area (Å²) in [4.78, 5) is 0. The molecule has 0 amide bonds. The second kappa shape index (κ2) is 5.71. The highest BCUT2D eigenvalue weighted by Gasteiger charge is 2.43. The van der Waals surface area contributed by atoms with E-state index in [0.29, 0.717) is 18.2 Å². The van der Waals surface area contributed by atoms with Gasteiger partial charge in [0.05, 0.1) is 18.8 Å². The highest BCUT2D eigenvalue weighted by Crippen LogP contribution is 2.37. The topological polar surface area (TPSA) is 41.5 Å². The average molecular weight is 267 g/mol. The van der Waals surface area contributed by atoms with Crippen molar-refractivity contribution in [2.75, 3.05) is 6.61 Å². The van der Waals surface area contributed by atoms with Crippen LogP contribution in [0, 0.1) is 5.92 Å². The van der Waals surface area contributed by atoms with Crippen LogP contribution >= 0.6 is 0 Å². The lowest BCUT2D eigenvalue weighted by molar-refractivity contribution is -0.0396. The Balaban J connectivity index is 1.49. The van der Waals surface area contributed by atoms with Gasteiger partial charge in [0, 0.05) is 11.6 Å². The zero-order valence-corrected chi connectivity index (χ0v) is 12.2. The molecule has 3 heteroatoms. The van der Waals surface area contributed by atoms with Crippen molar-refractivity contribution in [1.29, 1.82) is 0 Å². The predicted octanol–water partition coefficient (Wildman–Crippen LogP) is 2.62. The van der Waals surface area contributed by atoms with Crippen molar-refractivity contribution in [2.24, 2.45) is 5.92 Å². The standard InChI is InChI=1S/C16H29NO2/c1-12-3-2-4-14(9-12)19-15-7-8-16(10-15,11-18)17-13-5-6-13/h12-15,17-18H,2-11H2,1H3. The van der Waals surface area contributed by atoms with Crippen LogP contribution in [0.1, 0.15) is 64.7 Å². The molecule has 110 valence electrons. The first-order chi connectivity index (χ1) is 9.19. The molecular formula is C16H29NO2. The van der Waals surface area contributed by atoms with Crippen LogP contribution < -0.4 is 5.32 Å². The molecule has 0 saturated heterocycles. The van der Waals surface area contributed by atoms with Gasteiger partial charge in [-0.1, -0.05) is 19.8 Å². The number of hydrogen-bond acceptors (Lipinski definition) is 3. The summed E-state index contributed by atoms with van der Waals surface area (Å²) in [6, 6.07) is 0.667. The van der Waals surface area contributed by atoms with E-state index >= 15 is 0 Å². The second-order valence-electron chi connectivity index (χ2n) is 7.25. The number of nitrogens with one attached hydrogen (secondary N) is 1. The van der Waals surface area contributed by atoms with E-state index < -0.39 is 0 Å². The van der Waals surface area contributed by atoms with Crippen LogP contribution in [-0.2, 0) is 4.74 Å². The molecule has 19 heavy (non-hydrogen) atoms. The third-order valence-electron chi connectivity index (χ3n) is 5.23. The Morgan fingerprint density at radius 1 is 1.16 bits per heavy atom. The van der Waals surface area contributed by atoms with Crippen LogP contribution in [0.2, 0.25) is 0 Å². The molecule has 0 heterocycles. The van der Waals surface area contributed by atoms with Gasteiger partial charge in [-0.3, -0.25) is 0 Å². The van der Waals surface area contributed by atoms with Gasteiger partial charge in [-0.2, -0.15) is 0 Å². The first-order valence-corrected chi connectivity index (χ1v) is 8.23. The van der Waals surface area contributed by atoms with Gasteiger partial charge in [0.25, 0.3) is 0 Å². The first-order valence-electron chi connectivity index (χ1n) is 8.23. The number of ether oxygens (including phenoxy) is 1. The van der Waals surface area contributed by atoms with E-state index in [1.54, 1.807) is 0 Å². The summed E-state index contributed by atoms with van der Waals surface area (Å²) >= 11 is 0. The molecule has 2 N–H and O–H groups in total. The van der Waals surface area contributed by atoms with Crippen LogP contribution in [-0.4, -0.2) is 35.5 Å². The number of rotatable bonds is 5. The number of aliphatic hydroxyl groups is 1. The second-order valence-corrected chi connectivity index (χ2v) is 7.25. The van der Waals surface area contributed by atoms with E-state index in [1.165, 1.54) is 38.5 Å². The minimum absolute atomic E-state index is 0.0356. The van der Waals surface area contributed by atoms with Gasteiger partial charge in [-0.05, 0) is 50.9 Å². The predicted molar refractivity (Wildman–Crippen MR) is 76.1 cm³/mol. The maximum atomic E-state index is 9.74. The van der Waals surface area contributed by atoms with Crippen molar-refractivity contribution in [2.45, 2.75) is 88.5 Å². The van der Waals surface area contributed by atoms with Gasteiger partial charge in [0.1, 0.15) is 0 Å².